The number of methoxy groups -OCH3 is 1. The van der Waals surface area contributed by atoms with Crippen molar-refractivity contribution in [2.75, 3.05) is 12.0 Å². The predicted molar refractivity (Wildman–Crippen MR) is 134 cm³/mol. The van der Waals surface area contributed by atoms with Gasteiger partial charge in [0.25, 0.3) is 5.91 Å². The smallest absolute Gasteiger partial charge is 0.322 e. The molecule has 0 radical (unpaired) electrons. The van der Waals surface area contributed by atoms with Gasteiger partial charge in [0.05, 0.1) is 30.6 Å². The molecule has 8 nitrogen and oxygen atoms in total. The lowest BCUT2D eigenvalue weighted by Gasteiger charge is -2.46. The van der Waals surface area contributed by atoms with Gasteiger partial charge in [0.2, 0.25) is 0 Å². The van der Waals surface area contributed by atoms with Gasteiger partial charge < -0.3 is 19.9 Å². The van der Waals surface area contributed by atoms with E-state index in [9.17, 15) is 9.59 Å². The topological polar surface area (TPSA) is 96.7 Å². The molecule has 35 heavy (non-hydrogen) atoms. The summed E-state index contributed by atoms with van der Waals surface area (Å²) in [5, 5.41) is 10.2. The van der Waals surface area contributed by atoms with Crippen LogP contribution in [0.25, 0.3) is 0 Å². The molecule has 0 saturated heterocycles. The maximum absolute atomic E-state index is 13.5. The van der Waals surface area contributed by atoms with Gasteiger partial charge in [-0.2, -0.15) is 0 Å². The molecule has 3 atom stereocenters. The van der Waals surface area contributed by atoms with Crippen LogP contribution < -0.4 is 20.3 Å². The van der Waals surface area contributed by atoms with E-state index < -0.39 is 6.04 Å². The van der Waals surface area contributed by atoms with E-state index in [1.165, 1.54) is 0 Å². The Kier molecular flexibility index (Phi) is 6.82. The van der Waals surface area contributed by atoms with E-state index in [1.54, 1.807) is 25.9 Å². The molecule has 3 amide bonds. The number of benzene rings is 2. The van der Waals surface area contributed by atoms with E-state index in [0.717, 1.165) is 16.8 Å². The van der Waals surface area contributed by atoms with Crippen LogP contribution in [0.3, 0.4) is 0 Å². The van der Waals surface area contributed by atoms with E-state index in [1.807, 2.05) is 69.3 Å². The quantitative estimate of drug-likeness (QED) is 0.535. The molecule has 0 spiro atoms. The summed E-state index contributed by atoms with van der Waals surface area (Å²) in [5.41, 5.74) is 3.48. The Labute approximate surface area is 205 Å². The third kappa shape index (κ3) is 4.60. The zero-order chi connectivity index (χ0) is 25.3. The lowest BCUT2D eigenvalue weighted by molar-refractivity contribution is 0.0914. The van der Waals surface area contributed by atoms with Crippen LogP contribution in [0.2, 0.25) is 0 Å². The number of nitrogens with zero attached hydrogens (tertiary/aromatic N) is 2. The van der Waals surface area contributed by atoms with Crippen LogP contribution in [0.15, 0.2) is 53.1 Å². The largest absolute Gasteiger partial charge is 0.497 e. The second kappa shape index (κ2) is 9.82. The SMILES string of the molecule is COc1ccc2c(c1)[C@@H](NC(=O)c1c(C)noc1C)[C@H](C)[C@@H](c1ccccc1)N2C(=O)NC(C)C. The number of ether oxygens (including phenoxy) is 1. The summed E-state index contributed by atoms with van der Waals surface area (Å²) in [6.07, 6.45) is 0. The Morgan fingerprint density at radius 2 is 1.83 bits per heavy atom. The van der Waals surface area contributed by atoms with Crippen molar-refractivity contribution < 1.29 is 18.8 Å². The Morgan fingerprint density at radius 1 is 1.11 bits per heavy atom. The summed E-state index contributed by atoms with van der Waals surface area (Å²) >= 11 is 0. The lowest BCUT2D eigenvalue weighted by atomic mass is 9.79. The molecule has 0 aliphatic carbocycles. The molecule has 0 fully saturated rings. The molecule has 8 heteroatoms. The first kappa shape index (κ1) is 24.3. The highest BCUT2D eigenvalue weighted by atomic mass is 16.5. The summed E-state index contributed by atoms with van der Waals surface area (Å²) in [5.74, 6) is 0.680. The number of rotatable bonds is 5. The molecule has 1 aliphatic heterocycles. The summed E-state index contributed by atoms with van der Waals surface area (Å²) in [7, 11) is 1.60. The molecule has 184 valence electrons. The minimum atomic E-state index is -0.394. The molecule has 1 aromatic heterocycles. The number of urea groups is 1. The van der Waals surface area contributed by atoms with Gasteiger partial charge in [-0.25, -0.2) is 4.79 Å². The number of nitrogens with one attached hydrogen (secondary N) is 2. The summed E-state index contributed by atoms with van der Waals surface area (Å²) < 4.78 is 10.7. The van der Waals surface area contributed by atoms with Gasteiger partial charge in [0.1, 0.15) is 17.1 Å². The van der Waals surface area contributed by atoms with E-state index in [2.05, 4.69) is 15.8 Å². The van der Waals surface area contributed by atoms with Crippen LogP contribution in [-0.4, -0.2) is 30.2 Å². The Morgan fingerprint density at radius 3 is 2.43 bits per heavy atom. The van der Waals surface area contributed by atoms with E-state index in [-0.39, 0.29) is 29.9 Å². The van der Waals surface area contributed by atoms with Crippen LogP contribution in [0.5, 0.6) is 5.75 Å². The summed E-state index contributed by atoms with van der Waals surface area (Å²) in [4.78, 5) is 28.7. The molecule has 0 bridgehead atoms. The average molecular weight is 477 g/mol. The number of carbonyl (C=O) groups excluding carboxylic acids is 2. The summed E-state index contributed by atoms with van der Waals surface area (Å²) in [6.45, 7) is 9.39. The van der Waals surface area contributed by atoms with Gasteiger partial charge in [-0.3, -0.25) is 9.69 Å². The number of anilines is 1. The molecule has 4 rings (SSSR count). The van der Waals surface area contributed by atoms with E-state index >= 15 is 0 Å². The van der Waals surface area contributed by atoms with Crippen molar-refractivity contribution in [1.29, 1.82) is 0 Å². The van der Waals surface area contributed by atoms with Crippen molar-refractivity contribution in [3.63, 3.8) is 0 Å². The van der Waals surface area contributed by atoms with Crippen LogP contribution >= 0.6 is 0 Å². The first-order valence-electron chi connectivity index (χ1n) is 11.8. The molecule has 2 aromatic carbocycles. The van der Waals surface area contributed by atoms with Gasteiger partial charge in [0, 0.05) is 17.5 Å². The van der Waals surface area contributed by atoms with Gasteiger partial charge >= 0.3 is 6.03 Å². The second-order valence-electron chi connectivity index (χ2n) is 9.26. The van der Waals surface area contributed by atoms with Crippen molar-refractivity contribution in [3.05, 3.63) is 76.7 Å². The molecule has 1 aliphatic rings. The third-order valence-corrected chi connectivity index (χ3v) is 6.45. The van der Waals surface area contributed by atoms with Crippen LogP contribution in [0, 0.1) is 19.8 Å². The van der Waals surface area contributed by atoms with Crippen molar-refractivity contribution in [1.82, 2.24) is 15.8 Å². The fourth-order valence-electron chi connectivity index (χ4n) is 4.86. The van der Waals surface area contributed by atoms with Crippen LogP contribution in [-0.2, 0) is 0 Å². The molecule has 3 aromatic rings. The Bertz CT molecular complexity index is 1200. The molecular weight excluding hydrogens is 444 g/mol. The van der Waals surface area contributed by atoms with Crippen molar-refractivity contribution in [2.24, 2.45) is 5.92 Å². The molecule has 2 N–H and O–H groups in total. The number of aromatic nitrogens is 1. The highest BCUT2D eigenvalue weighted by molar-refractivity contribution is 5.98. The number of carbonyl (C=O) groups is 2. The standard InChI is InChI=1S/C27H32N4O4/c1-15(2)28-27(33)31-22-13-12-20(34-6)14-21(22)24(16(3)25(31)19-10-8-7-9-11-19)29-26(32)23-17(4)30-35-18(23)5/h7-16,24-25H,1-6H3,(H,28,33)(H,29,32)/t16-,24-,25-/m0/s1. The van der Waals surface area contributed by atoms with Crippen molar-refractivity contribution in [3.8, 4) is 5.75 Å². The van der Waals surface area contributed by atoms with Crippen molar-refractivity contribution >= 4 is 17.6 Å². The number of hydrogen-bond donors (Lipinski definition) is 2. The number of aryl methyl sites for hydroxylation is 2. The van der Waals surface area contributed by atoms with Crippen LogP contribution in [0.1, 0.15) is 65.8 Å². The number of hydrogen-bond acceptors (Lipinski definition) is 5. The van der Waals surface area contributed by atoms with Gasteiger partial charge in [-0.1, -0.05) is 42.4 Å². The predicted octanol–water partition coefficient (Wildman–Crippen LogP) is 5.09. The first-order valence-corrected chi connectivity index (χ1v) is 11.8. The third-order valence-electron chi connectivity index (χ3n) is 6.45. The van der Waals surface area contributed by atoms with Gasteiger partial charge in [0.15, 0.2) is 0 Å². The van der Waals surface area contributed by atoms with Gasteiger partial charge in [-0.05, 0) is 51.5 Å². The zero-order valence-electron chi connectivity index (χ0n) is 21.0. The second-order valence-corrected chi connectivity index (χ2v) is 9.26. The Hall–Kier alpha value is -3.81. The monoisotopic (exact) mass is 476 g/mol. The first-order chi connectivity index (χ1) is 16.7. The fourth-order valence-corrected chi connectivity index (χ4v) is 4.86. The Balaban J connectivity index is 1.86. The van der Waals surface area contributed by atoms with E-state index in [0.29, 0.717) is 22.8 Å². The fraction of sp³-hybridized carbons (Fsp3) is 0.370. The highest BCUT2D eigenvalue weighted by Crippen LogP contribution is 2.48. The zero-order valence-corrected chi connectivity index (χ0v) is 21.0. The minimum absolute atomic E-state index is 0.0344. The number of fused-ring (bicyclic) bond motifs is 1. The maximum atomic E-state index is 13.5. The molecule has 0 saturated carbocycles. The summed E-state index contributed by atoms with van der Waals surface area (Å²) in [6, 6.07) is 14.6. The minimum Gasteiger partial charge on any atom is -0.497 e. The normalized spacial score (nSPS) is 19.3. The van der Waals surface area contributed by atoms with E-state index in [4.69, 9.17) is 9.26 Å². The number of amides is 3. The molecule has 0 unspecified atom stereocenters. The lowest BCUT2D eigenvalue weighted by Crippen LogP contribution is -2.52. The molecule has 2 heterocycles. The molecular formula is C27H32N4O4. The highest BCUT2D eigenvalue weighted by Gasteiger charge is 2.43. The average Bonchev–Trinajstić information content (AvgIpc) is 3.17. The maximum Gasteiger partial charge on any atom is 0.322 e. The van der Waals surface area contributed by atoms with Gasteiger partial charge in [-0.15, -0.1) is 0 Å². The van der Waals surface area contributed by atoms with Crippen molar-refractivity contribution in [2.45, 2.75) is 52.7 Å². The van der Waals surface area contributed by atoms with Crippen LogP contribution in [0.4, 0.5) is 10.5 Å².